The molecule has 43 heavy (non-hydrogen) atoms. The van der Waals surface area contributed by atoms with Gasteiger partial charge >= 0.3 is 6.09 Å². The second-order valence-corrected chi connectivity index (χ2v) is 11.8. The lowest BCUT2D eigenvalue weighted by molar-refractivity contribution is 0.0199. The summed E-state index contributed by atoms with van der Waals surface area (Å²) in [7, 11) is 1.85. The molecular formula is C33H37FN6O3. The smallest absolute Gasteiger partial charge is 0.410 e. The molecular weight excluding hydrogens is 547 g/mol. The van der Waals surface area contributed by atoms with Crippen molar-refractivity contribution in [3.63, 3.8) is 0 Å². The lowest BCUT2D eigenvalue weighted by Gasteiger charge is -2.31. The van der Waals surface area contributed by atoms with Crippen LogP contribution in [0.3, 0.4) is 0 Å². The van der Waals surface area contributed by atoms with Crippen LogP contribution in [0.4, 0.5) is 20.7 Å². The molecule has 1 fully saturated rings. The zero-order valence-electron chi connectivity index (χ0n) is 25.1. The van der Waals surface area contributed by atoms with Gasteiger partial charge in [-0.15, -0.1) is 0 Å². The van der Waals surface area contributed by atoms with Crippen molar-refractivity contribution in [3.05, 3.63) is 65.6 Å². The Morgan fingerprint density at radius 2 is 1.81 bits per heavy atom. The van der Waals surface area contributed by atoms with Crippen molar-refractivity contribution in [2.45, 2.75) is 52.2 Å². The van der Waals surface area contributed by atoms with Crippen LogP contribution in [0, 0.1) is 23.6 Å². The fourth-order valence-electron chi connectivity index (χ4n) is 5.12. The van der Waals surface area contributed by atoms with E-state index in [0.29, 0.717) is 41.4 Å². The summed E-state index contributed by atoms with van der Waals surface area (Å²) in [4.78, 5) is 18.6. The van der Waals surface area contributed by atoms with Crippen molar-refractivity contribution >= 4 is 28.5 Å². The van der Waals surface area contributed by atoms with Crippen LogP contribution in [0.25, 0.3) is 22.2 Å². The molecule has 5 rings (SSSR count). The number of pyridine rings is 1. The molecule has 1 aliphatic rings. The van der Waals surface area contributed by atoms with E-state index in [9.17, 15) is 9.18 Å². The third kappa shape index (κ3) is 6.67. The van der Waals surface area contributed by atoms with Crippen LogP contribution in [0.15, 0.2) is 48.7 Å². The summed E-state index contributed by atoms with van der Waals surface area (Å²) >= 11 is 0. The van der Waals surface area contributed by atoms with Gasteiger partial charge in [-0.2, -0.15) is 5.10 Å². The number of ether oxygens (including phenoxy) is 2. The molecule has 1 aliphatic heterocycles. The van der Waals surface area contributed by atoms with Gasteiger partial charge in [-0.3, -0.25) is 4.68 Å². The number of benzene rings is 2. The molecule has 224 valence electrons. The van der Waals surface area contributed by atoms with E-state index in [1.165, 1.54) is 12.1 Å². The SMILES string of the molecule is C[C@H](Oc1cc(-c2nn(C)c3c(C#CC4CCN(C(=O)OC(C)(C)C)CC4)cnc(N)c23)ccc1N)c1ccc(F)cc1. The van der Waals surface area contributed by atoms with E-state index < -0.39 is 5.60 Å². The summed E-state index contributed by atoms with van der Waals surface area (Å²) in [5.74, 6) is 7.34. The molecule has 1 atom stereocenters. The first-order valence-electron chi connectivity index (χ1n) is 14.3. The summed E-state index contributed by atoms with van der Waals surface area (Å²) in [5.41, 5.74) is 16.3. The Bertz CT molecular complexity index is 1710. The Kier molecular flexibility index (Phi) is 8.18. The second-order valence-electron chi connectivity index (χ2n) is 11.8. The van der Waals surface area contributed by atoms with Gasteiger partial charge < -0.3 is 25.8 Å². The minimum Gasteiger partial charge on any atom is -0.484 e. The molecule has 9 nitrogen and oxygen atoms in total. The molecule has 0 saturated carbocycles. The van der Waals surface area contributed by atoms with Gasteiger partial charge in [-0.25, -0.2) is 14.2 Å². The summed E-state index contributed by atoms with van der Waals surface area (Å²) in [6, 6.07) is 11.6. The maximum absolute atomic E-state index is 13.4. The quantitative estimate of drug-likeness (QED) is 0.220. The number of hydrogen-bond acceptors (Lipinski definition) is 7. The molecule has 1 amide bonds. The van der Waals surface area contributed by atoms with Crippen LogP contribution in [0.5, 0.6) is 5.75 Å². The predicted octanol–water partition coefficient (Wildman–Crippen LogP) is 6.08. The average molecular weight is 585 g/mol. The number of rotatable bonds is 4. The Morgan fingerprint density at radius 1 is 1.12 bits per heavy atom. The first-order valence-corrected chi connectivity index (χ1v) is 14.3. The molecule has 2 aromatic carbocycles. The summed E-state index contributed by atoms with van der Waals surface area (Å²) in [6.45, 7) is 8.67. The number of fused-ring (bicyclic) bond motifs is 1. The molecule has 0 aliphatic carbocycles. The highest BCUT2D eigenvalue weighted by atomic mass is 19.1. The number of aryl methyl sites for hydroxylation is 1. The van der Waals surface area contributed by atoms with Gasteiger partial charge in [0.25, 0.3) is 0 Å². The molecule has 10 heteroatoms. The van der Waals surface area contributed by atoms with Gasteiger partial charge in [0.1, 0.15) is 34.8 Å². The van der Waals surface area contributed by atoms with Crippen molar-refractivity contribution in [2.75, 3.05) is 24.6 Å². The van der Waals surface area contributed by atoms with Crippen molar-refractivity contribution in [2.24, 2.45) is 13.0 Å². The fourth-order valence-corrected chi connectivity index (χ4v) is 5.12. The molecule has 4 N–H and O–H groups in total. The van der Waals surface area contributed by atoms with Crippen LogP contribution < -0.4 is 16.2 Å². The van der Waals surface area contributed by atoms with E-state index >= 15 is 0 Å². The Balaban J connectivity index is 1.39. The average Bonchev–Trinajstić information content (AvgIpc) is 3.31. The molecule has 0 radical (unpaired) electrons. The standard InChI is InChI=1S/C33H37FN6O3/c1-20(22-8-11-25(34)12-9-22)42-27-18-23(10-13-26(27)35)29-28-30(39(5)38-29)24(19-37-31(28)36)7-6-21-14-16-40(17-15-21)32(41)43-33(2,3)4/h8-13,18-21H,14-17,35H2,1-5H3,(H2,36,37)/t20-/m0/s1. The zero-order chi connectivity index (χ0) is 30.9. The van der Waals surface area contributed by atoms with Crippen LogP contribution in [-0.2, 0) is 11.8 Å². The first-order chi connectivity index (χ1) is 20.4. The van der Waals surface area contributed by atoms with Crippen LogP contribution in [-0.4, -0.2) is 44.4 Å². The number of halogens is 1. The normalized spacial score (nSPS) is 14.7. The molecule has 2 aromatic heterocycles. The van der Waals surface area contributed by atoms with Gasteiger partial charge in [0, 0.05) is 37.8 Å². The largest absolute Gasteiger partial charge is 0.484 e. The van der Waals surface area contributed by atoms with Crippen LogP contribution in [0.2, 0.25) is 0 Å². The fraction of sp³-hybridized carbons (Fsp3) is 0.364. The van der Waals surface area contributed by atoms with Gasteiger partial charge in [0.05, 0.1) is 22.2 Å². The summed E-state index contributed by atoms with van der Waals surface area (Å²) in [5, 5.41) is 5.48. The lowest BCUT2D eigenvalue weighted by atomic mass is 9.97. The van der Waals surface area contributed by atoms with Crippen molar-refractivity contribution in [3.8, 4) is 28.8 Å². The molecule has 0 unspecified atom stereocenters. The number of nitrogen functional groups attached to an aromatic ring is 2. The lowest BCUT2D eigenvalue weighted by Crippen LogP contribution is -2.41. The van der Waals surface area contributed by atoms with E-state index in [0.717, 1.165) is 35.0 Å². The zero-order valence-corrected chi connectivity index (χ0v) is 25.1. The minimum atomic E-state index is -0.521. The second kappa shape index (κ2) is 11.8. The van der Waals surface area contributed by atoms with Gasteiger partial charge in [-0.05, 0) is 70.4 Å². The number of nitrogens with two attached hydrogens (primary N) is 2. The number of anilines is 2. The number of likely N-dealkylation sites (tertiary alicyclic amines) is 1. The van der Waals surface area contributed by atoms with Crippen molar-refractivity contribution in [1.82, 2.24) is 19.7 Å². The summed E-state index contributed by atoms with van der Waals surface area (Å²) < 4.78 is 26.8. The van der Waals surface area contributed by atoms with E-state index in [2.05, 4.69) is 16.8 Å². The minimum absolute atomic E-state index is 0.138. The number of aromatic nitrogens is 3. The Hall–Kier alpha value is -4.78. The van der Waals surface area contributed by atoms with E-state index in [-0.39, 0.29) is 23.9 Å². The monoisotopic (exact) mass is 584 g/mol. The molecule has 4 aromatic rings. The Morgan fingerprint density at radius 3 is 2.49 bits per heavy atom. The third-order valence-electron chi connectivity index (χ3n) is 7.38. The van der Waals surface area contributed by atoms with Gasteiger partial charge in [0.15, 0.2) is 0 Å². The number of amides is 1. The highest BCUT2D eigenvalue weighted by molar-refractivity contribution is 6.02. The number of nitrogens with zero attached hydrogens (tertiary/aromatic N) is 4. The van der Waals surface area contributed by atoms with E-state index in [1.807, 2.05) is 46.9 Å². The van der Waals surface area contributed by atoms with Crippen molar-refractivity contribution in [1.29, 1.82) is 0 Å². The number of piperidine rings is 1. The maximum Gasteiger partial charge on any atom is 0.410 e. The molecule has 3 heterocycles. The highest BCUT2D eigenvalue weighted by Gasteiger charge is 2.26. The van der Waals surface area contributed by atoms with Crippen LogP contribution >= 0.6 is 0 Å². The maximum atomic E-state index is 13.4. The van der Waals surface area contributed by atoms with Crippen LogP contribution in [0.1, 0.15) is 57.8 Å². The molecule has 0 bridgehead atoms. The molecule has 0 spiro atoms. The van der Waals surface area contributed by atoms with Gasteiger partial charge in [0.2, 0.25) is 0 Å². The van der Waals surface area contributed by atoms with E-state index in [4.69, 9.17) is 26.0 Å². The Labute approximate surface area is 251 Å². The first kappa shape index (κ1) is 29.7. The van der Waals surface area contributed by atoms with E-state index in [1.54, 1.807) is 34.0 Å². The summed E-state index contributed by atoms with van der Waals surface area (Å²) in [6.07, 6.45) is 2.56. The number of carbonyl (C=O) groups is 1. The topological polar surface area (TPSA) is 122 Å². The molecule has 1 saturated heterocycles. The number of hydrogen-bond donors (Lipinski definition) is 2. The predicted molar refractivity (Wildman–Crippen MR) is 166 cm³/mol. The third-order valence-corrected chi connectivity index (χ3v) is 7.38. The van der Waals surface area contributed by atoms with Crippen molar-refractivity contribution < 1.29 is 18.7 Å². The highest BCUT2D eigenvalue weighted by Crippen LogP contribution is 2.37. The number of carbonyl (C=O) groups excluding carboxylic acids is 1. The van der Waals surface area contributed by atoms with Gasteiger partial charge in [-0.1, -0.05) is 30.0 Å².